The van der Waals surface area contributed by atoms with E-state index in [1.54, 1.807) is 12.3 Å². The normalized spacial score (nSPS) is 14.4. The van der Waals surface area contributed by atoms with Crippen LogP contribution in [0.2, 0.25) is 0 Å². The van der Waals surface area contributed by atoms with Crippen molar-refractivity contribution in [2.24, 2.45) is 0 Å². The van der Waals surface area contributed by atoms with Crippen LogP contribution in [-0.4, -0.2) is 51.5 Å². The van der Waals surface area contributed by atoms with E-state index < -0.39 is 0 Å². The minimum absolute atomic E-state index is 0.205. The molecule has 0 aromatic carbocycles. The van der Waals surface area contributed by atoms with Crippen molar-refractivity contribution in [1.82, 2.24) is 19.4 Å². The van der Waals surface area contributed by atoms with Crippen LogP contribution in [0.1, 0.15) is 24.4 Å². The molecule has 25 heavy (non-hydrogen) atoms. The first-order valence-corrected chi connectivity index (χ1v) is 8.55. The quantitative estimate of drug-likeness (QED) is 0.827. The van der Waals surface area contributed by atoms with E-state index in [-0.39, 0.29) is 5.91 Å². The Balaban J connectivity index is 1.46. The van der Waals surface area contributed by atoms with Crippen LogP contribution >= 0.6 is 0 Å². The van der Waals surface area contributed by atoms with Crippen LogP contribution in [0.15, 0.2) is 30.6 Å². The number of imidazole rings is 1. The zero-order chi connectivity index (χ0) is 17.6. The molecule has 1 aliphatic rings. The molecule has 0 radical (unpaired) electrons. The number of aryl methyl sites for hydroxylation is 2. The number of rotatable bonds is 5. The second kappa shape index (κ2) is 7.79. The summed E-state index contributed by atoms with van der Waals surface area (Å²) in [5.41, 5.74) is 0.422. The Morgan fingerprint density at radius 1 is 1.28 bits per heavy atom. The number of nitriles is 1. The molecule has 2 aromatic heterocycles. The molecule has 0 aliphatic carbocycles. The van der Waals surface area contributed by atoms with Crippen LogP contribution in [0, 0.1) is 18.3 Å². The van der Waals surface area contributed by atoms with Gasteiger partial charge in [0.15, 0.2) is 0 Å². The number of piperazine rings is 1. The number of carbonyl (C=O) groups is 1. The number of carbonyl (C=O) groups excluding carboxylic acids is 1. The van der Waals surface area contributed by atoms with Crippen LogP contribution < -0.4 is 4.90 Å². The van der Waals surface area contributed by atoms with Gasteiger partial charge in [0.2, 0.25) is 5.91 Å². The molecule has 0 spiro atoms. The van der Waals surface area contributed by atoms with Crippen LogP contribution in [-0.2, 0) is 11.3 Å². The van der Waals surface area contributed by atoms with Gasteiger partial charge in [0.25, 0.3) is 0 Å². The Morgan fingerprint density at radius 2 is 2.08 bits per heavy atom. The van der Waals surface area contributed by atoms with E-state index in [9.17, 15) is 4.79 Å². The molecule has 7 nitrogen and oxygen atoms in total. The molecule has 3 heterocycles. The third-order valence-electron chi connectivity index (χ3n) is 4.52. The van der Waals surface area contributed by atoms with E-state index in [4.69, 9.17) is 5.26 Å². The first-order valence-electron chi connectivity index (χ1n) is 8.55. The second-order valence-electron chi connectivity index (χ2n) is 6.13. The Morgan fingerprint density at radius 3 is 2.76 bits per heavy atom. The number of nitrogens with zero attached hydrogens (tertiary/aromatic N) is 6. The van der Waals surface area contributed by atoms with E-state index in [0.29, 0.717) is 25.2 Å². The van der Waals surface area contributed by atoms with Gasteiger partial charge in [-0.05, 0) is 25.5 Å². The second-order valence-corrected chi connectivity index (χ2v) is 6.13. The zero-order valence-corrected chi connectivity index (χ0v) is 14.4. The van der Waals surface area contributed by atoms with E-state index >= 15 is 0 Å². The van der Waals surface area contributed by atoms with E-state index in [1.165, 1.54) is 0 Å². The summed E-state index contributed by atoms with van der Waals surface area (Å²) in [6, 6.07) is 7.52. The lowest BCUT2D eigenvalue weighted by Gasteiger charge is -2.35. The SMILES string of the molecule is Cc1nccn1CCCC(=O)N1CCN(c2cccc(C#N)n2)CC1. The molecule has 0 bridgehead atoms. The maximum atomic E-state index is 12.4. The highest BCUT2D eigenvalue weighted by atomic mass is 16.2. The zero-order valence-electron chi connectivity index (χ0n) is 14.4. The fourth-order valence-corrected chi connectivity index (χ4v) is 3.05. The van der Waals surface area contributed by atoms with E-state index in [0.717, 1.165) is 37.7 Å². The Labute approximate surface area is 147 Å². The molecule has 0 atom stereocenters. The van der Waals surface area contributed by atoms with Gasteiger partial charge in [-0.3, -0.25) is 4.79 Å². The Kier molecular flexibility index (Phi) is 5.29. The lowest BCUT2D eigenvalue weighted by molar-refractivity contribution is -0.131. The summed E-state index contributed by atoms with van der Waals surface area (Å²) in [5.74, 6) is 1.99. The van der Waals surface area contributed by atoms with Gasteiger partial charge in [0.1, 0.15) is 23.4 Å². The van der Waals surface area contributed by atoms with Crippen LogP contribution in [0.5, 0.6) is 0 Å². The van der Waals surface area contributed by atoms with Gasteiger partial charge in [0.05, 0.1) is 0 Å². The van der Waals surface area contributed by atoms with Gasteiger partial charge < -0.3 is 14.4 Å². The number of pyridine rings is 1. The van der Waals surface area contributed by atoms with Crippen LogP contribution in [0.3, 0.4) is 0 Å². The lowest BCUT2D eigenvalue weighted by atomic mass is 10.2. The minimum Gasteiger partial charge on any atom is -0.353 e. The van der Waals surface area contributed by atoms with Crippen LogP contribution in [0.25, 0.3) is 0 Å². The summed E-state index contributed by atoms with van der Waals surface area (Å²) in [5, 5.41) is 8.95. The van der Waals surface area contributed by atoms with E-state index in [2.05, 4.69) is 25.5 Å². The minimum atomic E-state index is 0.205. The topological polar surface area (TPSA) is 78.0 Å². The number of hydrogen-bond acceptors (Lipinski definition) is 5. The van der Waals surface area contributed by atoms with E-state index in [1.807, 2.05) is 30.2 Å². The summed E-state index contributed by atoms with van der Waals surface area (Å²) in [6.45, 7) is 5.67. The first kappa shape index (κ1) is 17.0. The number of amides is 1. The molecule has 0 N–H and O–H groups in total. The summed E-state index contributed by atoms with van der Waals surface area (Å²) in [6.07, 6.45) is 5.11. The molecule has 0 unspecified atom stereocenters. The molecule has 1 aliphatic heterocycles. The van der Waals surface area contributed by atoms with Gasteiger partial charge in [-0.1, -0.05) is 6.07 Å². The maximum Gasteiger partial charge on any atom is 0.222 e. The average molecular weight is 338 g/mol. The summed E-state index contributed by atoms with van der Waals surface area (Å²) < 4.78 is 2.07. The predicted molar refractivity (Wildman–Crippen MR) is 93.9 cm³/mol. The fourth-order valence-electron chi connectivity index (χ4n) is 3.05. The molecule has 1 saturated heterocycles. The van der Waals surface area contributed by atoms with Gasteiger partial charge >= 0.3 is 0 Å². The average Bonchev–Trinajstić information content (AvgIpc) is 3.07. The third-order valence-corrected chi connectivity index (χ3v) is 4.52. The lowest BCUT2D eigenvalue weighted by Crippen LogP contribution is -2.49. The van der Waals surface area contributed by atoms with Gasteiger partial charge in [0, 0.05) is 51.5 Å². The highest BCUT2D eigenvalue weighted by Gasteiger charge is 2.21. The molecule has 3 rings (SSSR count). The number of aromatic nitrogens is 3. The molecular weight excluding hydrogens is 316 g/mol. The van der Waals surface area contributed by atoms with Crippen molar-refractivity contribution in [3.8, 4) is 6.07 Å². The molecule has 1 fully saturated rings. The largest absolute Gasteiger partial charge is 0.353 e. The molecule has 7 heteroatoms. The van der Waals surface area contributed by atoms with Crippen molar-refractivity contribution in [1.29, 1.82) is 5.26 Å². The molecule has 1 amide bonds. The number of hydrogen-bond donors (Lipinski definition) is 0. The maximum absolute atomic E-state index is 12.4. The monoisotopic (exact) mass is 338 g/mol. The van der Waals surface area contributed by atoms with Crippen molar-refractivity contribution < 1.29 is 4.79 Å². The van der Waals surface area contributed by atoms with Gasteiger partial charge in [-0.15, -0.1) is 0 Å². The fraction of sp³-hybridized carbons (Fsp3) is 0.444. The summed E-state index contributed by atoms with van der Waals surface area (Å²) >= 11 is 0. The highest BCUT2D eigenvalue weighted by molar-refractivity contribution is 5.76. The molecular formula is C18H22N6O. The molecule has 130 valence electrons. The van der Waals surface area contributed by atoms with Crippen LogP contribution in [0.4, 0.5) is 5.82 Å². The Hall–Kier alpha value is -2.88. The standard InChI is InChI=1S/C18H22N6O/c1-15-20-7-9-22(15)8-3-6-18(25)24-12-10-23(11-13-24)17-5-2-4-16(14-19)21-17/h2,4-5,7,9H,3,6,8,10-13H2,1H3. The van der Waals surface area contributed by atoms with Crippen molar-refractivity contribution in [2.45, 2.75) is 26.3 Å². The highest BCUT2D eigenvalue weighted by Crippen LogP contribution is 2.15. The van der Waals surface area contributed by atoms with Crippen molar-refractivity contribution in [3.05, 3.63) is 42.1 Å². The van der Waals surface area contributed by atoms with Gasteiger partial charge in [-0.25, -0.2) is 9.97 Å². The molecule has 2 aromatic rings. The van der Waals surface area contributed by atoms with Crippen molar-refractivity contribution in [2.75, 3.05) is 31.1 Å². The first-order chi connectivity index (χ1) is 12.2. The number of anilines is 1. The smallest absolute Gasteiger partial charge is 0.222 e. The van der Waals surface area contributed by atoms with Crippen molar-refractivity contribution >= 4 is 11.7 Å². The third kappa shape index (κ3) is 4.15. The predicted octanol–water partition coefficient (Wildman–Crippen LogP) is 1.59. The Bertz CT molecular complexity index is 770. The van der Waals surface area contributed by atoms with Gasteiger partial charge in [-0.2, -0.15) is 5.26 Å². The summed E-state index contributed by atoms with van der Waals surface area (Å²) in [4.78, 5) is 24.9. The summed E-state index contributed by atoms with van der Waals surface area (Å²) in [7, 11) is 0. The van der Waals surface area contributed by atoms with Crippen molar-refractivity contribution in [3.63, 3.8) is 0 Å². The molecule has 0 saturated carbocycles.